The van der Waals surface area contributed by atoms with Crippen LogP contribution in [0, 0.1) is 0 Å². The number of ether oxygens (including phenoxy) is 1. The molecule has 1 heterocycles. The van der Waals surface area contributed by atoms with Crippen LogP contribution in [0.5, 0.6) is 5.75 Å². The molecule has 3 N–H and O–H groups in total. The molecule has 0 aliphatic carbocycles. The molecule has 0 radical (unpaired) electrons. The molecule has 18 heavy (non-hydrogen) atoms. The number of aliphatic hydroxyl groups excluding tert-OH is 1. The summed E-state index contributed by atoms with van der Waals surface area (Å²) in [5.74, 6) is 0.902. The average Bonchev–Trinajstić information content (AvgIpc) is 2.38. The maximum absolute atomic E-state index is 9.97. The zero-order valence-corrected chi connectivity index (χ0v) is 11.1. The van der Waals surface area contributed by atoms with E-state index in [1.165, 1.54) is 0 Å². The second-order valence-electron chi connectivity index (χ2n) is 4.85. The minimum absolute atomic E-state index is 0.252. The summed E-state index contributed by atoms with van der Waals surface area (Å²) in [6.07, 6.45) is 1.35. The van der Waals surface area contributed by atoms with E-state index in [4.69, 9.17) is 10.5 Å². The zero-order chi connectivity index (χ0) is 13.1. The predicted octanol–water partition coefficient (Wildman–Crippen LogP) is 1.68. The first-order chi connectivity index (χ1) is 8.65. The van der Waals surface area contributed by atoms with E-state index in [1.807, 2.05) is 18.2 Å². The lowest BCUT2D eigenvalue weighted by molar-refractivity contribution is 0.169. The molecule has 2 unspecified atom stereocenters. The lowest BCUT2D eigenvalue weighted by atomic mass is 10.0. The first-order valence-electron chi connectivity index (χ1n) is 6.55. The molecule has 100 valence electrons. The van der Waals surface area contributed by atoms with E-state index < -0.39 is 6.10 Å². The van der Waals surface area contributed by atoms with Crippen LogP contribution in [0.25, 0.3) is 0 Å². The van der Waals surface area contributed by atoms with Crippen molar-refractivity contribution < 1.29 is 9.84 Å². The van der Waals surface area contributed by atoms with Crippen LogP contribution in [0.3, 0.4) is 0 Å². The van der Waals surface area contributed by atoms with Gasteiger partial charge in [-0.2, -0.15) is 0 Å². The largest absolute Gasteiger partial charge is 0.486 e. The first-order valence-corrected chi connectivity index (χ1v) is 6.55. The third-order valence-electron chi connectivity index (χ3n) is 3.45. The Morgan fingerprint density at radius 3 is 3.00 bits per heavy atom. The summed E-state index contributed by atoms with van der Waals surface area (Å²) in [5, 5.41) is 9.97. The fourth-order valence-electron chi connectivity index (χ4n) is 2.30. The summed E-state index contributed by atoms with van der Waals surface area (Å²) in [6.45, 7) is 3.51. The molecule has 0 amide bonds. The zero-order valence-electron chi connectivity index (χ0n) is 11.1. The topological polar surface area (TPSA) is 58.7 Å². The number of fused-ring (bicyclic) bond motifs is 1. The number of benzene rings is 1. The predicted molar refractivity (Wildman–Crippen MR) is 73.1 cm³/mol. The van der Waals surface area contributed by atoms with Gasteiger partial charge in [-0.3, -0.25) is 0 Å². The van der Waals surface area contributed by atoms with Crippen molar-refractivity contribution in [2.75, 3.05) is 25.0 Å². The molecule has 0 saturated heterocycles. The van der Waals surface area contributed by atoms with E-state index in [9.17, 15) is 5.11 Å². The van der Waals surface area contributed by atoms with Crippen molar-refractivity contribution in [3.63, 3.8) is 0 Å². The number of hydrogen-bond donors (Lipinski definition) is 2. The standard InChI is InChI=1S/C14H22N2O2/c1-3-11-9-16(2)12-8-10(13(17)6-7-15)4-5-14(12)18-11/h4-5,8,11,13,17H,3,6-7,9,15H2,1-2H3. The van der Waals surface area contributed by atoms with Gasteiger partial charge < -0.3 is 20.5 Å². The summed E-state index contributed by atoms with van der Waals surface area (Å²) < 4.78 is 5.90. The van der Waals surface area contributed by atoms with Gasteiger partial charge in [-0.05, 0) is 37.1 Å². The fraction of sp³-hybridized carbons (Fsp3) is 0.571. The Balaban J connectivity index is 2.24. The Hall–Kier alpha value is -1.26. The van der Waals surface area contributed by atoms with Gasteiger partial charge in [0.2, 0.25) is 0 Å². The second kappa shape index (κ2) is 5.59. The average molecular weight is 250 g/mol. The third-order valence-corrected chi connectivity index (χ3v) is 3.45. The van der Waals surface area contributed by atoms with E-state index in [-0.39, 0.29) is 6.10 Å². The molecule has 4 nitrogen and oxygen atoms in total. The van der Waals surface area contributed by atoms with Gasteiger partial charge in [-0.15, -0.1) is 0 Å². The highest BCUT2D eigenvalue weighted by atomic mass is 16.5. The molecule has 1 aliphatic rings. The molecular weight excluding hydrogens is 228 g/mol. The number of nitrogens with two attached hydrogens (primary N) is 1. The van der Waals surface area contributed by atoms with Gasteiger partial charge in [0, 0.05) is 7.05 Å². The van der Waals surface area contributed by atoms with Crippen LogP contribution in [-0.4, -0.2) is 31.3 Å². The summed E-state index contributed by atoms with van der Waals surface area (Å²) in [6, 6.07) is 5.87. The quantitative estimate of drug-likeness (QED) is 0.853. The van der Waals surface area contributed by atoms with Crippen molar-refractivity contribution in [2.45, 2.75) is 32.0 Å². The van der Waals surface area contributed by atoms with Crippen LogP contribution in [0.2, 0.25) is 0 Å². The Kier molecular flexibility index (Phi) is 4.09. The van der Waals surface area contributed by atoms with Crippen molar-refractivity contribution in [3.8, 4) is 5.75 Å². The SMILES string of the molecule is CCC1CN(C)c2cc(C(O)CCN)ccc2O1. The number of rotatable bonds is 4. The highest BCUT2D eigenvalue weighted by Crippen LogP contribution is 2.35. The van der Waals surface area contributed by atoms with Crippen molar-refractivity contribution in [2.24, 2.45) is 5.73 Å². The van der Waals surface area contributed by atoms with Crippen LogP contribution >= 0.6 is 0 Å². The molecule has 1 aromatic carbocycles. The highest BCUT2D eigenvalue weighted by Gasteiger charge is 2.23. The van der Waals surface area contributed by atoms with Gasteiger partial charge in [0.05, 0.1) is 18.3 Å². The summed E-state index contributed by atoms with van der Waals surface area (Å²) >= 11 is 0. The summed E-state index contributed by atoms with van der Waals surface area (Å²) in [4.78, 5) is 2.19. The lowest BCUT2D eigenvalue weighted by Gasteiger charge is -2.34. The number of anilines is 1. The second-order valence-corrected chi connectivity index (χ2v) is 4.85. The molecule has 0 spiro atoms. The van der Waals surface area contributed by atoms with E-state index >= 15 is 0 Å². The monoisotopic (exact) mass is 250 g/mol. The number of aliphatic hydroxyl groups is 1. The molecule has 0 bridgehead atoms. The molecule has 0 saturated carbocycles. The van der Waals surface area contributed by atoms with Gasteiger partial charge in [-0.25, -0.2) is 0 Å². The van der Waals surface area contributed by atoms with Gasteiger partial charge in [0.25, 0.3) is 0 Å². The van der Waals surface area contributed by atoms with E-state index in [0.717, 1.165) is 30.0 Å². The lowest BCUT2D eigenvalue weighted by Crippen LogP contribution is -2.37. The summed E-state index contributed by atoms with van der Waals surface area (Å²) in [7, 11) is 2.06. The molecule has 1 aliphatic heterocycles. The number of likely N-dealkylation sites (N-methyl/N-ethyl adjacent to an activating group) is 1. The van der Waals surface area contributed by atoms with Crippen molar-refractivity contribution in [1.82, 2.24) is 0 Å². The third kappa shape index (κ3) is 2.60. The molecule has 0 fully saturated rings. The Morgan fingerprint density at radius 1 is 1.56 bits per heavy atom. The Bertz CT molecular complexity index is 409. The van der Waals surface area contributed by atoms with Crippen LogP contribution in [0.1, 0.15) is 31.4 Å². The van der Waals surface area contributed by atoms with Crippen LogP contribution in [0.15, 0.2) is 18.2 Å². The van der Waals surface area contributed by atoms with Crippen molar-refractivity contribution in [3.05, 3.63) is 23.8 Å². The van der Waals surface area contributed by atoms with Crippen molar-refractivity contribution >= 4 is 5.69 Å². The number of nitrogens with zero attached hydrogens (tertiary/aromatic N) is 1. The Labute approximate surface area is 108 Å². The molecule has 2 atom stereocenters. The van der Waals surface area contributed by atoms with E-state index in [2.05, 4.69) is 18.9 Å². The minimum Gasteiger partial charge on any atom is -0.486 e. The normalized spacial score (nSPS) is 20.2. The minimum atomic E-state index is -0.488. The van der Waals surface area contributed by atoms with E-state index in [0.29, 0.717) is 13.0 Å². The van der Waals surface area contributed by atoms with Gasteiger partial charge in [0.15, 0.2) is 0 Å². The first kappa shape index (κ1) is 13.2. The van der Waals surface area contributed by atoms with Crippen LogP contribution < -0.4 is 15.4 Å². The molecular formula is C14H22N2O2. The molecule has 4 heteroatoms. The Morgan fingerprint density at radius 2 is 2.33 bits per heavy atom. The van der Waals surface area contributed by atoms with Crippen molar-refractivity contribution in [1.29, 1.82) is 0 Å². The number of hydrogen-bond acceptors (Lipinski definition) is 4. The maximum Gasteiger partial charge on any atom is 0.143 e. The molecule has 0 aromatic heterocycles. The molecule has 1 aromatic rings. The smallest absolute Gasteiger partial charge is 0.143 e. The summed E-state index contributed by atoms with van der Waals surface area (Å²) in [5.41, 5.74) is 7.43. The van der Waals surface area contributed by atoms with Crippen LogP contribution in [0.4, 0.5) is 5.69 Å². The van der Waals surface area contributed by atoms with Gasteiger partial charge in [0.1, 0.15) is 11.9 Å². The van der Waals surface area contributed by atoms with Gasteiger partial charge in [-0.1, -0.05) is 13.0 Å². The highest BCUT2D eigenvalue weighted by molar-refractivity contribution is 5.61. The van der Waals surface area contributed by atoms with E-state index in [1.54, 1.807) is 0 Å². The maximum atomic E-state index is 9.97. The molecule has 2 rings (SSSR count). The van der Waals surface area contributed by atoms with Gasteiger partial charge >= 0.3 is 0 Å². The van der Waals surface area contributed by atoms with Crippen LogP contribution in [-0.2, 0) is 0 Å². The fourth-order valence-corrected chi connectivity index (χ4v) is 2.30.